The minimum absolute atomic E-state index is 0.102. The van der Waals surface area contributed by atoms with Crippen LogP contribution in [0.5, 0.6) is 5.75 Å². The van der Waals surface area contributed by atoms with E-state index in [1.807, 2.05) is 60.0 Å². The Hall–Kier alpha value is -2.55. The zero-order chi connectivity index (χ0) is 15.5. The van der Waals surface area contributed by atoms with Crippen molar-refractivity contribution in [1.29, 1.82) is 0 Å². The van der Waals surface area contributed by atoms with E-state index in [0.29, 0.717) is 11.4 Å². The van der Waals surface area contributed by atoms with Crippen molar-refractivity contribution in [1.82, 2.24) is 4.40 Å². The third-order valence-electron chi connectivity index (χ3n) is 3.93. The van der Waals surface area contributed by atoms with Crippen molar-refractivity contribution < 1.29 is 9.53 Å². The molecule has 1 unspecified atom stereocenters. The van der Waals surface area contributed by atoms with E-state index < -0.39 is 0 Å². The highest BCUT2D eigenvalue weighted by Crippen LogP contribution is 2.27. The molecule has 0 fully saturated rings. The van der Waals surface area contributed by atoms with Gasteiger partial charge in [-0.05, 0) is 24.1 Å². The van der Waals surface area contributed by atoms with Crippen molar-refractivity contribution in [3.8, 4) is 5.75 Å². The molecule has 0 spiro atoms. The first-order chi connectivity index (χ1) is 10.7. The number of aromatic nitrogens is 1. The van der Waals surface area contributed by atoms with Crippen LogP contribution in [0.25, 0.3) is 5.52 Å². The van der Waals surface area contributed by atoms with Gasteiger partial charge in [-0.2, -0.15) is 0 Å². The highest BCUT2D eigenvalue weighted by Gasteiger charge is 2.23. The summed E-state index contributed by atoms with van der Waals surface area (Å²) in [6.45, 7) is 1.97. The van der Waals surface area contributed by atoms with Crippen LogP contribution in [-0.2, 0) is 6.42 Å². The van der Waals surface area contributed by atoms with Crippen LogP contribution in [0.4, 0.5) is 0 Å². The van der Waals surface area contributed by atoms with Crippen molar-refractivity contribution in [2.24, 2.45) is 5.92 Å². The van der Waals surface area contributed by atoms with E-state index in [-0.39, 0.29) is 11.7 Å². The second-order valence-corrected chi connectivity index (χ2v) is 5.51. The van der Waals surface area contributed by atoms with Gasteiger partial charge in [0.05, 0.1) is 7.11 Å². The fraction of sp³-hybridized carbons (Fsp3) is 0.211. The molecule has 0 amide bonds. The first kappa shape index (κ1) is 14.4. The van der Waals surface area contributed by atoms with Crippen molar-refractivity contribution in [3.05, 3.63) is 72.1 Å². The van der Waals surface area contributed by atoms with Crippen LogP contribution in [0.2, 0.25) is 0 Å². The largest absolute Gasteiger partial charge is 0.494 e. The SMILES string of the molecule is COc1cc2ccccn2c1C(=O)C(C)Cc1ccccc1. The Morgan fingerprint density at radius 1 is 1.14 bits per heavy atom. The Labute approximate surface area is 130 Å². The Bertz CT molecular complexity index is 790. The number of fused-ring (bicyclic) bond motifs is 1. The molecule has 1 atom stereocenters. The number of hydrogen-bond donors (Lipinski definition) is 0. The number of nitrogens with zero attached hydrogens (tertiary/aromatic N) is 1. The molecule has 0 bridgehead atoms. The molecule has 2 aromatic heterocycles. The number of Topliss-reactive ketones (excluding diaryl/α,β-unsaturated/α-hetero) is 1. The van der Waals surface area contributed by atoms with Gasteiger partial charge in [0.2, 0.25) is 0 Å². The molecular formula is C19H19NO2. The topological polar surface area (TPSA) is 30.7 Å². The van der Waals surface area contributed by atoms with Crippen LogP contribution >= 0.6 is 0 Å². The van der Waals surface area contributed by atoms with Gasteiger partial charge in [0.1, 0.15) is 11.4 Å². The van der Waals surface area contributed by atoms with E-state index in [0.717, 1.165) is 11.9 Å². The molecule has 2 heterocycles. The van der Waals surface area contributed by atoms with E-state index in [9.17, 15) is 4.79 Å². The van der Waals surface area contributed by atoms with E-state index in [1.165, 1.54) is 5.56 Å². The minimum atomic E-state index is -0.102. The normalized spacial score (nSPS) is 12.3. The number of benzene rings is 1. The first-order valence-electron chi connectivity index (χ1n) is 7.43. The van der Waals surface area contributed by atoms with Gasteiger partial charge in [0.25, 0.3) is 0 Å². The maximum absolute atomic E-state index is 12.9. The van der Waals surface area contributed by atoms with Gasteiger partial charge in [-0.15, -0.1) is 0 Å². The first-order valence-corrected chi connectivity index (χ1v) is 7.43. The maximum atomic E-state index is 12.9. The van der Waals surface area contributed by atoms with Crippen LogP contribution in [0.3, 0.4) is 0 Å². The summed E-state index contributed by atoms with van der Waals surface area (Å²) in [6.07, 6.45) is 2.63. The quantitative estimate of drug-likeness (QED) is 0.665. The zero-order valence-corrected chi connectivity index (χ0v) is 12.8. The number of methoxy groups -OCH3 is 1. The van der Waals surface area contributed by atoms with Gasteiger partial charge in [-0.25, -0.2) is 0 Å². The highest BCUT2D eigenvalue weighted by atomic mass is 16.5. The summed E-state index contributed by atoms with van der Waals surface area (Å²) in [6, 6.07) is 17.8. The van der Waals surface area contributed by atoms with Crippen molar-refractivity contribution in [2.45, 2.75) is 13.3 Å². The number of rotatable bonds is 5. The van der Waals surface area contributed by atoms with E-state index >= 15 is 0 Å². The number of carbonyl (C=O) groups is 1. The van der Waals surface area contributed by atoms with Crippen molar-refractivity contribution >= 4 is 11.3 Å². The summed E-state index contributed by atoms with van der Waals surface area (Å²) in [4.78, 5) is 12.9. The molecule has 0 aliphatic rings. The molecule has 3 nitrogen and oxygen atoms in total. The fourth-order valence-corrected chi connectivity index (χ4v) is 2.79. The summed E-state index contributed by atoms with van der Waals surface area (Å²) < 4.78 is 7.32. The number of ether oxygens (including phenoxy) is 1. The average Bonchev–Trinajstić information content (AvgIpc) is 2.93. The lowest BCUT2D eigenvalue weighted by atomic mass is 9.95. The zero-order valence-electron chi connectivity index (χ0n) is 12.8. The van der Waals surface area contributed by atoms with Gasteiger partial charge >= 0.3 is 0 Å². The molecule has 3 aromatic rings. The van der Waals surface area contributed by atoms with Crippen LogP contribution in [0.1, 0.15) is 23.0 Å². The number of ketones is 1. The lowest BCUT2D eigenvalue weighted by Gasteiger charge is -2.12. The smallest absolute Gasteiger partial charge is 0.186 e. The van der Waals surface area contributed by atoms with Crippen LogP contribution in [0, 0.1) is 5.92 Å². The Morgan fingerprint density at radius 3 is 2.59 bits per heavy atom. The molecule has 3 rings (SSSR count). The second kappa shape index (κ2) is 6.06. The van der Waals surface area contributed by atoms with Crippen LogP contribution in [0.15, 0.2) is 60.8 Å². The van der Waals surface area contributed by atoms with E-state index in [4.69, 9.17) is 4.74 Å². The molecule has 3 heteroatoms. The molecule has 22 heavy (non-hydrogen) atoms. The molecule has 112 valence electrons. The van der Waals surface area contributed by atoms with Gasteiger partial charge in [-0.1, -0.05) is 43.3 Å². The maximum Gasteiger partial charge on any atom is 0.186 e. The standard InChI is InChI=1S/C19H19NO2/c1-14(12-15-8-4-3-5-9-15)19(21)18-17(22-2)13-16-10-6-7-11-20(16)18/h3-11,13-14H,12H2,1-2H3. The molecule has 0 N–H and O–H groups in total. The minimum Gasteiger partial charge on any atom is -0.494 e. The van der Waals surface area contributed by atoms with Crippen molar-refractivity contribution in [3.63, 3.8) is 0 Å². The molecule has 1 aromatic carbocycles. The summed E-state index contributed by atoms with van der Waals surface area (Å²) >= 11 is 0. The third kappa shape index (κ3) is 2.62. The Morgan fingerprint density at radius 2 is 1.86 bits per heavy atom. The van der Waals surface area contributed by atoms with Gasteiger partial charge < -0.3 is 9.14 Å². The van der Waals surface area contributed by atoms with Gasteiger partial charge in [0.15, 0.2) is 5.78 Å². The number of pyridine rings is 1. The lowest BCUT2D eigenvalue weighted by Crippen LogP contribution is -2.16. The van der Waals surface area contributed by atoms with Crippen LogP contribution in [-0.4, -0.2) is 17.3 Å². The van der Waals surface area contributed by atoms with E-state index in [1.54, 1.807) is 7.11 Å². The molecule has 0 radical (unpaired) electrons. The summed E-state index contributed by atoms with van der Waals surface area (Å²) in [5, 5.41) is 0. The third-order valence-corrected chi connectivity index (χ3v) is 3.93. The molecule has 0 saturated carbocycles. The highest BCUT2D eigenvalue weighted by molar-refractivity contribution is 6.00. The van der Waals surface area contributed by atoms with E-state index in [2.05, 4.69) is 12.1 Å². The summed E-state index contributed by atoms with van der Waals surface area (Å²) in [7, 11) is 1.60. The second-order valence-electron chi connectivity index (χ2n) is 5.51. The fourth-order valence-electron chi connectivity index (χ4n) is 2.79. The summed E-state index contributed by atoms with van der Waals surface area (Å²) in [5.41, 5.74) is 2.76. The Balaban J connectivity index is 1.94. The van der Waals surface area contributed by atoms with Gasteiger partial charge in [-0.3, -0.25) is 4.79 Å². The predicted molar refractivity (Wildman–Crippen MR) is 87.6 cm³/mol. The molecular weight excluding hydrogens is 274 g/mol. The Kier molecular flexibility index (Phi) is 3.96. The average molecular weight is 293 g/mol. The van der Waals surface area contributed by atoms with Crippen LogP contribution < -0.4 is 4.74 Å². The monoisotopic (exact) mass is 293 g/mol. The molecule has 0 saturated heterocycles. The number of carbonyl (C=O) groups excluding carboxylic acids is 1. The predicted octanol–water partition coefficient (Wildman–Crippen LogP) is 4.01. The molecule has 0 aliphatic heterocycles. The number of hydrogen-bond acceptors (Lipinski definition) is 2. The van der Waals surface area contributed by atoms with Gasteiger partial charge in [0, 0.05) is 23.7 Å². The van der Waals surface area contributed by atoms with Crippen molar-refractivity contribution in [2.75, 3.05) is 7.11 Å². The lowest BCUT2D eigenvalue weighted by molar-refractivity contribution is 0.0920. The summed E-state index contributed by atoms with van der Waals surface area (Å²) in [5.74, 6) is 0.637. The molecule has 0 aliphatic carbocycles.